The molecule has 96 valence electrons. The average molecular weight is 245 g/mol. The van der Waals surface area contributed by atoms with Gasteiger partial charge >= 0.3 is 0 Å². The van der Waals surface area contributed by atoms with E-state index in [9.17, 15) is 4.79 Å². The molecule has 0 spiro atoms. The fourth-order valence-electron chi connectivity index (χ4n) is 1.56. The Balaban J connectivity index is 2.60. The van der Waals surface area contributed by atoms with Crippen molar-refractivity contribution < 1.29 is 4.79 Å². The molecule has 1 aromatic rings. The van der Waals surface area contributed by atoms with Gasteiger partial charge < -0.3 is 10.6 Å². The van der Waals surface area contributed by atoms with Crippen LogP contribution in [0, 0.1) is 17.2 Å². The maximum absolute atomic E-state index is 11.9. The zero-order valence-electron chi connectivity index (χ0n) is 10.9. The fourth-order valence-corrected chi connectivity index (χ4v) is 1.56. The van der Waals surface area contributed by atoms with Gasteiger partial charge in [-0.05, 0) is 43.1 Å². The van der Waals surface area contributed by atoms with Crippen molar-refractivity contribution in [1.29, 1.82) is 5.26 Å². The molecule has 0 fully saturated rings. The van der Waals surface area contributed by atoms with Gasteiger partial charge in [0, 0.05) is 19.2 Å². The van der Waals surface area contributed by atoms with E-state index in [1.54, 1.807) is 36.2 Å². The molecule has 0 bridgehead atoms. The SMILES string of the molecule is CC(CN)CCC(=O)N(C)c1ccc(C#N)cc1. The number of carbonyl (C=O) groups excluding carboxylic acids is 1. The van der Waals surface area contributed by atoms with Crippen LogP contribution in [-0.4, -0.2) is 19.5 Å². The monoisotopic (exact) mass is 245 g/mol. The molecule has 0 saturated carbocycles. The third-order valence-corrected chi connectivity index (χ3v) is 3.01. The highest BCUT2D eigenvalue weighted by molar-refractivity contribution is 5.92. The van der Waals surface area contributed by atoms with Crippen LogP contribution in [0.2, 0.25) is 0 Å². The second kappa shape index (κ2) is 6.77. The average Bonchev–Trinajstić information content (AvgIpc) is 2.43. The highest BCUT2D eigenvalue weighted by Crippen LogP contribution is 2.15. The molecule has 0 aliphatic heterocycles. The molecular formula is C14H19N3O. The van der Waals surface area contributed by atoms with Crippen LogP contribution in [0.4, 0.5) is 5.69 Å². The van der Waals surface area contributed by atoms with E-state index in [1.807, 2.05) is 6.92 Å². The van der Waals surface area contributed by atoms with Crippen LogP contribution in [0.3, 0.4) is 0 Å². The lowest BCUT2D eigenvalue weighted by Crippen LogP contribution is -2.26. The normalized spacial score (nSPS) is 11.7. The molecule has 0 heterocycles. The maximum atomic E-state index is 11.9. The molecule has 18 heavy (non-hydrogen) atoms. The van der Waals surface area contributed by atoms with E-state index in [4.69, 9.17) is 11.0 Å². The molecule has 1 amide bonds. The lowest BCUT2D eigenvalue weighted by atomic mass is 10.1. The summed E-state index contributed by atoms with van der Waals surface area (Å²) >= 11 is 0. The van der Waals surface area contributed by atoms with Gasteiger partial charge in [0.1, 0.15) is 0 Å². The van der Waals surface area contributed by atoms with Crippen molar-refractivity contribution in [2.75, 3.05) is 18.5 Å². The smallest absolute Gasteiger partial charge is 0.226 e. The molecule has 2 N–H and O–H groups in total. The summed E-state index contributed by atoms with van der Waals surface area (Å²) in [6, 6.07) is 9.03. The van der Waals surface area contributed by atoms with E-state index < -0.39 is 0 Å². The summed E-state index contributed by atoms with van der Waals surface area (Å²) in [5, 5.41) is 8.71. The van der Waals surface area contributed by atoms with Gasteiger partial charge in [-0.15, -0.1) is 0 Å². The molecule has 1 unspecified atom stereocenters. The minimum absolute atomic E-state index is 0.0695. The second-order valence-corrected chi connectivity index (χ2v) is 4.49. The summed E-state index contributed by atoms with van der Waals surface area (Å²) in [7, 11) is 1.75. The van der Waals surface area contributed by atoms with Crippen molar-refractivity contribution in [3.63, 3.8) is 0 Å². The highest BCUT2D eigenvalue weighted by atomic mass is 16.2. The molecule has 1 atom stereocenters. The van der Waals surface area contributed by atoms with Gasteiger partial charge in [0.15, 0.2) is 0 Å². The van der Waals surface area contributed by atoms with Gasteiger partial charge in [0.05, 0.1) is 11.6 Å². The summed E-state index contributed by atoms with van der Waals surface area (Å²) in [6.07, 6.45) is 1.30. The Bertz CT molecular complexity index is 433. The number of hydrogen-bond acceptors (Lipinski definition) is 3. The summed E-state index contributed by atoms with van der Waals surface area (Å²) < 4.78 is 0. The minimum Gasteiger partial charge on any atom is -0.330 e. The Kier molecular flexibility index (Phi) is 5.34. The highest BCUT2D eigenvalue weighted by Gasteiger charge is 2.12. The Morgan fingerprint density at radius 3 is 2.56 bits per heavy atom. The maximum Gasteiger partial charge on any atom is 0.226 e. The fraction of sp³-hybridized carbons (Fsp3) is 0.429. The molecular weight excluding hydrogens is 226 g/mol. The molecule has 4 nitrogen and oxygen atoms in total. The lowest BCUT2D eigenvalue weighted by molar-refractivity contribution is -0.118. The number of hydrogen-bond donors (Lipinski definition) is 1. The predicted molar refractivity (Wildman–Crippen MR) is 72.0 cm³/mol. The molecule has 1 aromatic carbocycles. The summed E-state index contributed by atoms with van der Waals surface area (Å²) in [5.74, 6) is 0.434. The van der Waals surface area contributed by atoms with Gasteiger partial charge in [0.25, 0.3) is 0 Å². The van der Waals surface area contributed by atoms with Gasteiger partial charge in [-0.3, -0.25) is 4.79 Å². The third kappa shape index (κ3) is 3.86. The van der Waals surface area contributed by atoms with E-state index in [1.165, 1.54) is 0 Å². The number of carbonyl (C=O) groups is 1. The topological polar surface area (TPSA) is 70.1 Å². The van der Waals surface area contributed by atoms with Crippen LogP contribution in [-0.2, 0) is 4.79 Å². The van der Waals surface area contributed by atoms with Crippen LogP contribution in [0.5, 0.6) is 0 Å². The van der Waals surface area contributed by atoms with E-state index in [0.29, 0.717) is 24.4 Å². The second-order valence-electron chi connectivity index (χ2n) is 4.49. The molecule has 0 aliphatic carbocycles. The predicted octanol–water partition coefficient (Wildman–Crippen LogP) is 1.90. The van der Waals surface area contributed by atoms with Crippen LogP contribution in [0.1, 0.15) is 25.3 Å². The molecule has 4 heteroatoms. The Morgan fingerprint density at radius 2 is 2.06 bits per heavy atom. The Morgan fingerprint density at radius 1 is 1.44 bits per heavy atom. The van der Waals surface area contributed by atoms with E-state index in [0.717, 1.165) is 12.1 Å². The van der Waals surface area contributed by atoms with E-state index >= 15 is 0 Å². The third-order valence-electron chi connectivity index (χ3n) is 3.01. The van der Waals surface area contributed by atoms with Crippen LogP contribution in [0.15, 0.2) is 24.3 Å². The van der Waals surface area contributed by atoms with Crippen LogP contribution in [0.25, 0.3) is 0 Å². The molecule has 0 aliphatic rings. The first-order chi connectivity index (χ1) is 8.58. The molecule has 1 rings (SSSR count). The van der Waals surface area contributed by atoms with Gasteiger partial charge in [-0.25, -0.2) is 0 Å². The first kappa shape index (κ1) is 14.2. The Labute approximate surface area is 108 Å². The number of nitrogens with zero attached hydrogens (tertiary/aromatic N) is 2. The van der Waals surface area contributed by atoms with Gasteiger partial charge in [-0.2, -0.15) is 5.26 Å². The molecule has 0 radical (unpaired) electrons. The number of benzene rings is 1. The van der Waals surface area contributed by atoms with Crippen molar-refractivity contribution >= 4 is 11.6 Å². The Hall–Kier alpha value is -1.86. The largest absolute Gasteiger partial charge is 0.330 e. The van der Waals surface area contributed by atoms with Crippen molar-refractivity contribution in [3.05, 3.63) is 29.8 Å². The first-order valence-electron chi connectivity index (χ1n) is 6.05. The van der Waals surface area contributed by atoms with Gasteiger partial charge in [-0.1, -0.05) is 6.92 Å². The van der Waals surface area contributed by atoms with Crippen molar-refractivity contribution in [2.24, 2.45) is 11.7 Å². The summed E-state index contributed by atoms with van der Waals surface area (Å²) in [5.41, 5.74) is 6.92. The van der Waals surface area contributed by atoms with Crippen LogP contribution >= 0.6 is 0 Å². The van der Waals surface area contributed by atoms with E-state index in [2.05, 4.69) is 6.07 Å². The zero-order valence-corrected chi connectivity index (χ0v) is 10.9. The van der Waals surface area contributed by atoms with Crippen molar-refractivity contribution in [1.82, 2.24) is 0 Å². The molecule has 0 aromatic heterocycles. The van der Waals surface area contributed by atoms with Crippen molar-refractivity contribution in [3.8, 4) is 6.07 Å². The first-order valence-corrected chi connectivity index (χ1v) is 6.05. The van der Waals surface area contributed by atoms with Gasteiger partial charge in [0.2, 0.25) is 5.91 Å². The quantitative estimate of drug-likeness (QED) is 0.861. The number of amides is 1. The minimum atomic E-state index is 0.0695. The number of rotatable bonds is 5. The number of nitriles is 1. The van der Waals surface area contributed by atoms with Crippen molar-refractivity contribution in [2.45, 2.75) is 19.8 Å². The van der Waals surface area contributed by atoms with E-state index in [-0.39, 0.29) is 5.91 Å². The standard InChI is InChI=1S/C14H19N3O/c1-11(9-15)3-8-14(18)17(2)13-6-4-12(10-16)5-7-13/h4-7,11H,3,8-9,15H2,1-2H3. The number of anilines is 1. The van der Waals surface area contributed by atoms with Crippen LogP contribution < -0.4 is 10.6 Å². The summed E-state index contributed by atoms with van der Waals surface area (Å²) in [4.78, 5) is 13.6. The lowest BCUT2D eigenvalue weighted by Gasteiger charge is -2.18. The molecule has 0 saturated heterocycles. The zero-order chi connectivity index (χ0) is 13.5. The summed E-state index contributed by atoms with van der Waals surface area (Å²) in [6.45, 7) is 2.64. The number of nitrogens with two attached hydrogens (primary N) is 1.